The van der Waals surface area contributed by atoms with Crippen LogP contribution in [0.3, 0.4) is 0 Å². The minimum atomic E-state index is 0. The van der Waals surface area contributed by atoms with Crippen LogP contribution in [0, 0.1) is 0 Å². The zero-order valence-corrected chi connectivity index (χ0v) is 8.67. The van der Waals surface area contributed by atoms with Crippen molar-refractivity contribution in [1.29, 1.82) is 0 Å². The van der Waals surface area contributed by atoms with Crippen LogP contribution < -0.4 is 5.32 Å². The molecule has 1 rings (SSSR count). The first kappa shape index (κ1) is 13.8. The number of nitrogens with one attached hydrogen (secondary N) is 1. The Balaban J connectivity index is 0. The van der Waals surface area contributed by atoms with Gasteiger partial charge >= 0.3 is 0 Å². The monoisotopic (exact) mass is 179 g/mol. The topological polar surface area (TPSA) is 43.5 Å². The van der Waals surface area contributed by atoms with E-state index >= 15 is 0 Å². The van der Waals surface area contributed by atoms with Crippen molar-refractivity contribution < 1.29 is 5.48 Å². The van der Waals surface area contributed by atoms with Crippen molar-refractivity contribution >= 4 is 12.6 Å². The van der Waals surface area contributed by atoms with Gasteiger partial charge in [0.15, 0.2) is 0 Å². The quantitative estimate of drug-likeness (QED) is 0.585. The van der Waals surface area contributed by atoms with E-state index in [0.717, 1.165) is 6.42 Å². The maximum atomic E-state index is 4.25. The molecular formula is C8H21NOS. The van der Waals surface area contributed by atoms with E-state index in [4.69, 9.17) is 0 Å². The third-order valence-corrected chi connectivity index (χ3v) is 1.89. The molecule has 1 heterocycles. The SMILES string of the molecule is C1CNC1.CCC(C)(C)S.O. The fourth-order valence-corrected chi connectivity index (χ4v) is 0.177. The molecule has 0 aromatic heterocycles. The van der Waals surface area contributed by atoms with Crippen molar-refractivity contribution in [2.45, 2.75) is 38.4 Å². The van der Waals surface area contributed by atoms with Crippen LogP contribution in [0.4, 0.5) is 0 Å². The molecule has 0 amide bonds. The van der Waals surface area contributed by atoms with Crippen molar-refractivity contribution in [3.8, 4) is 0 Å². The molecule has 0 aliphatic carbocycles. The molecule has 0 spiro atoms. The molecule has 11 heavy (non-hydrogen) atoms. The van der Waals surface area contributed by atoms with Crippen LogP contribution in [-0.4, -0.2) is 23.3 Å². The summed E-state index contributed by atoms with van der Waals surface area (Å²) in [6, 6.07) is 0. The van der Waals surface area contributed by atoms with Crippen LogP contribution in [-0.2, 0) is 0 Å². The molecule has 0 atom stereocenters. The van der Waals surface area contributed by atoms with E-state index < -0.39 is 0 Å². The van der Waals surface area contributed by atoms with Gasteiger partial charge in [0.25, 0.3) is 0 Å². The predicted octanol–water partition coefficient (Wildman–Crippen LogP) is 1.26. The molecule has 0 unspecified atom stereocenters. The van der Waals surface area contributed by atoms with Gasteiger partial charge in [-0.25, -0.2) is 0 Å². The number of hydrogen-bond donors (Lipinski definition) is 2. The normalized spacial score (nSPS) is 15.3. The molecule has 0 aromatic carbocycles. The van der Waals surface area contributed by atoms with Crippen molar-refractivity contribution in [2.75, 3.05) is 13.1 Å². The zero-order valence-electron chi connectivity index (χ0n) is 7.78. The maximum Gasteiger partial charge on any atom is 0.00705 e. The number of hydrogen-bond acceptors (Lipinski definition) is 2. The van der Waals surface area contributed by atoms with Crippen molar-refractivity contribution in [3.63, 3.8) is 0 Å². The summed E-state index contributed by atoms with van der Waals surface area (Å²) < 4.78 is 0.236. The Labute approximate surface area is 75.5 Å². The van der Waals surface area contributed by atoms with Gasteiger partial charge in [-0.15, -0.1) is 0 Å². The molecule has 1 aliphatic heterocycles. The first-order chi connectivity index (χ1) is 4.56. The van der Waals surface area contributed by atoms with Crippen molar-refractivity contribution in [2.24, 2.45) is 0 Å². The van der Waals surface area contributed by atoms with Gasteiger partial charge in [0.2, 0.25) is 0 Å². The standard InChI is InChI=1S/C5H12S.C3H7N.H2O/c1-4-5(2,3)6;1-2-4-3-1;/h6H,4H2,1-3H3;4H,1-3H2;1H2. The average Bonchev–Trinajstić information content (AvgIpc) is 1.59. The maximum absolute atomic E-state index is 4.25. The van der Waals surface area contributed by atoms with Gasteiger partial charge in [-0.1, -0.05) is 20.8 Å². The second-order valence-electron chi connectivity index (χ2n) is 3.27. The molecule has 3 N–H and O–H groups in total. The second-order valence-corrected chi connectivity index (χ2v) is 4.48. The van der Waals surface area contributed by atoms with Gasteiger partial charge in [-0.2, -0.15) is 12.6 Å². The van der Waals surface area contributed by atoms with Gasteiger partial charge in [0.05, 0.1) is 0 Å². The summed E-state index contributed by atoms with van der Waals surface area (Å²) in [6.07, 6.45) is 2.52. The van der Waals surface area contributed by atoms with E-state index in [1.165, 1.54) is 19.5 Å². The molecule has 0 radical (unpaired) electrons. The van der Waals surface area contributed by atoms with Crippen LogP contribution in [0.25, 0.3) is 0 Å². The molecule has 1 aliphatic rings. The molecule has 2 nitrogen and oxygen atoms in total. The largest absolute Gasteiger partial charge is 0.412 e. The molecule has 70 valence electrons. The fourth-order valence-electron chi connectivity index (χ4n) is 0.177. The van der Waals surface area contributed by atoms with Crippen LogP contribution in [0.15, 0.2) is 0 Å². The highest BCUT2D eigenvalue weighted by atomic mass is 32.1. The molecule has 0 aromatic rings. The lowest BCUT2D eigenvalue weighted by Gasteiger charge is -2.11. The summed E-state index contributed by atoms with van der Waals surface area (Å²) in [5.74, 6) is 0. The Hall–Kier alpha value is 0.270. The first-order valence-electron chi connectivity index (χ1n) is 3.99. The summed E-state index contributed by atoms with van der Waals surface area (Å²) in [5.41, 5.74) is 0. The minimum Gasteiger partial charge on any atom is -0.412 e. The van der Waals surface area contributed by atoms with Crippen molar-refractivity contribution in [3.05, 3.63) is 0 Å². The van der Waals surface area contributed by atoms with E-state index in [-0.39, 0.29) is 10.2 Å². The molecule has 1 saturated heterocycles. The highest BCUT2D eigenvalue weighted by Crippen LogP contribution is 2.14. The van der Waals surface area contributed by atoms with E-state index in [1.54, 1.807) is 0 Å². The summed E-state index contributed by atoms with van der Waals surface area (Å²) in [6.45, 7) is 8.85. The van der Waals surface area contributed by atoms with E-state index in [1.807, 2.05) is 0 Å². The molecule has 0 bridgehead atoms. The van der Waals surface area contributed by atoms with Crippen LogP contribution in [0.5, 0.6) is 0 Å². The lowest BCUT2D eigenvalue weighted by atomic mass is 10.1. The van der Waals surface area contributed by atoms with E-state index in [9.17, 15) is 0 Å². The average molecular weight is 179 g/mol. The molecule has 3 heteroatoms. The smallest absolute Gasteiger partial charge is 0.00705 e. The summed E-state index contributed by atoms with van der Waals surface area (Å²) in [4.78, 5) is 0. The second kappa shape index (κ2) is 6.95. The van der Waals surface area contributed by atoms with Crippen LogP contribution in [0.1, 0.15) is 33.6 Å². The summed E-state index contributed by atoms with van der Waals surface area (Å²) >= 11 is 4.25. The predicted molar refractivity (Wildman–Crippen MR) is 54.5 cm³/mol. The molecule has 1 fully saturated rings. The summed E-state index contributed by atoms with van der Waals surface area (Å²) in [7, 11) is 0. The highest BCUT2D eigenvalue weighted by Gasteiger charge is 2.04. The van der Waals surface area contributed by atoms with Crippen LogP contribution >= 0.6 is 12.6 Å². The number of thiol groups is 1. The Morgan fingerprint density at radius 3 is 1.55 bits per heavy atom. The van der Waals surface area contributed by atoms with E-state index in [0.29, 0.717) is 0 Å². The fraction of sp³-hybridized carbons (Fsp3) is 1.00. The first-order valence-corrected chi connectivity index (χ1v) is 4.44. The van der Waals surface area contributed by atoms with E-state index in [2.05, 4.69) is 38.7 Å². The van der Waals surface area contributed by atoms with Crippen LogP contribution in [0.2, 0.25) is 0 Å². The minimum absolute atomic E-state index is 0. The zero-order chi connectivity index (χ0) is 8.04. The third kappa shape index (κ3) is 13.3. The lowest BCUT2D eigenvalue weighted by Crippen LogP contribution is -2.29. The summed E-state index contributed by atoms with van der Waals surface area (Å²) in [5, 5.41) is 3.11. The van der Waals surface area contributed by atoms with Gasteiger partial charge in [-0.3, -0.25) is 0 Å². The Morgan fingerprint density at radius 2 is 1.55 bits per heavy atom. The van der Waals surface area contributed by atoms with Gasteiger partial charge in [0.1, 0.15) is 0 Å². The van der Waals surface area contributed by atoms with Crippen molar-refractivity contribution in [1.82, 2.24) is 5.32 Å². The highest BCUT2D eigenvalue weighted by molar-refractivity contribution is 7.81. The molecule has 0 saturated carbocycles. The lowest BCUT2D eigenvalue weighted by molar-refractivity contribution is 0.527. The van der Waals surface area contributed by atoms with Gasteiger partial charge < -0.3 is 10.8 Å². The molecular weight excluding hydrogens is 158 g/mol. The Kier molecular flexibility index (Phi) is 8.74. The number of rotatable bonds is 1. The van der Waals surface area contributed by atoms with Gasteiger partial charge in [-0.05, 0) is 25.9 Å². The Morgan fingerprint density at radius 1 is 1.36 bits per heavy atom. The Bertz CT molecular complexity index is 72.7. The van der Waals surface area contributed by atoms with Gasteiger partial charge in [0, 0.05) is 4.75 Å². The third-order valence-electron chi connectivity index (χ3n) is 1.57.